The number of hydrogen-bond donors (Lipinski definition) is 0. The highest BCUT2D eigenvalue weighted by molar-refractivity contribution is 5.92. The molecule has 1 fully saturated rings. The second kappa shape index (κ2) is 9.02. The lowest BCUT2D eigenvalue weighted by atomic mass is 10.1. The van der Waals surface area contributed by atoms with Crippen LogP contribution in [-0.2, 0) is 15.7 Å². The van der Waals surface area contributed by atoms with Crippen LogP contribution in [0.25, 0.3) is 0 Å². The van der Waals surface area contributed by atoms with Gasteiger partial charge in [-0.15, -0.1) is 0 Å². The van der Waals surface area contributed by atoms with Crippen molar-refractivity contribution in [1.29, 1.82) is 0 Å². The molecule has 0 spiro atoms. The summed E-state index contributed by atoms with van der Waals surface area (Å²) in [6.45, 7) is 0.621. The second-order valence-corrected chi connectivity index (χ2v) is 6.80. The molecule has 3 rings (SSSR count). The number of alkyl halides is 3. The van der Waals surface area contributed by atoms with E-state index in [9.17, 15) is 32.9 Å². The molecule has 0 saturated carbocycles. The number of hydrogen-bond acceptors (Lipinski definition) is 6. The molecule has 0 aromatic heterocycles. The highest BCUT2D eigenvalue weighted by Gasteiger charge is 2.31. The summed E-state index contributed by atoms with van der Waals surface area (Å²) in [5.74, 6) is -1.32. The zero-order chi connectivity index (χ0) is 22.6. The number of ether oxygens (including phenoxy) is 1. The number of carbonyl (C=O) groups excluding carboxylic acids is 2. The molecule has 31 heavy (non-hydrogen) atoms. The minimum Gasteiger partial charge on any atom is -0.452 e. The fourth-order valence-corrected chi connectivity index (χ4v) is 3.14. The predicted octanol–water partition coefficient (Wildman–Crippen LogP) is 3.12. The number of esters is 1. The second-order valence-electron chi connectivity index (χ2n) is 6.80. The first kappa shape index (κ1) is 22.1. The number of anilines is 1. The molecule has 1 aliphatic heterocycles. The van der Waals surface area contributed by atoms with Gasteiger partial charge in [-0.1, -0.05) is 12.1 Å². The zero-order valence-electron chi connectivity index (χ0n) is 16.2. The molecular formula is C20H18F3N3O5. The van der Waals surface area contributed by atoms with E-state index in [2.05, 4.69) is 0 Å². The van der Waals surface area contributed by atoms with E-state index in [4.69, 9.17) is 4.74 Å². The van der Waals surface area contributed by atoms with Gasteiger partial charge in [-0.2, -0.15) is 13.2 Å². The van der Waals surface area contributed by atoms with Crippen LogP contribution in [0.3, 0.4) is 0 Å². The van der Waals surface area contributed by atoms with E-state index in [1.165, 1.54) is 29.2 Å². The number of non-ortho nitro benzene ring substituents is 1. The topological polar surface area (TPSA) is 93.0 Å². The molecule has 1 amide bonds. The lowest BCUT2D eigenvalue weighted by molar-refractivity contribution is -0.384. The van der Waals surface area contributed by atoms with Gasteiger partial charge in [-0.3, -0.25) is 14.9 Å². The standard InChI is InChI=1S/C20H18F3N3O5/c21-20(22,23)15-4-2-5-16(12-15)24-7-9-25(10-8-24)18(27)13-31-19(28)14-3-1-6-17(11-14)26(29)30/h1-6,11-12H,7-10,13H2. The molecule has 1 aliphatic rings. The molecule has 0 atom stereocenters. The highest BCUT2D eigenvalue weighted by Crippen LogP contribution is 2.31. The number of nitro groups is 1. The number of rotatable bonds is 5. The van der Waals surface area contributed by atoms with E-state index in [1.54, 1.807) is 11.0 Å². The summed E-state index contributed by atoms with van der Waals surface area (Å²) < 4.78 is 43.6. The summed E-state index contributed by atoms with van der Waals surface area (Å²) in [6, 6.07) is 9.94. The van der Waals surface area contributed by atoms with E-state index in [-0.39, 0.29) is 24.3 Å². The van der Waals surface area contributed by atoms with Crippen molar-refractivity contribution in [3.63, 3.8) is 0 Å². The van der Waals surface area contributed by atoms with Crippen molar-refractivity contribution in [3.8, 4) is 0 Å². The van der Waals surface area contributed by atoms with Crippen molar-refractivity contribution in [2.45, 2.75) is 6.18 Å². The Balaban J connectivity index is 1.52. The number of amides is 1. The van der Waals surface area contributed by atoms with E-state index in [0.29, 0.717) is 18.8 Å². The highest BCUT2D eigenvalue weighted by atomic mass is 19.4. The molecule has 11 heteroatoms. The van der Waals surface area contributed by atoms with Gasteiger partial charge in [0, 0.05) is 44.0 Å². The van der Waals surface area contributed by atoms with Crippen molar-refractivity contribution in [1.82, 2.24) is 4.90 Å². The van der Waals surface area contributed by atoms with Crippen molar-refractivity contribution in [3.05, 3.63) is 69.8 Å². The zero-order valence-corrected chi connectivity index (χ0v) is 16.2. The summed E-state index contributed by atoms with van der Waals surface area (Å²) >= 11 is 0. The van der Waals surface area contributed by atoms with Gasteiger partial charge < -0.3 is 14.5 Å². The molecule has 164 valence electrons. The Kier molecular flexibility index (Phi) is 6.42. The normalized spacial score (nSPS) is 14.3. The van der Waals surface area contributed by atoms with Crippen molar-refractivity contribution < 1.29 is 32.4 Å². The number of nitro benzene ring substituents is 1. The van der Waals surface area contributed by atoms with Gasteiger partial charge in [-0.25, -0.2) is 4.79 Å². The number of benzene rings is 2. The maximum Gasteiger partial charge on any atom is 0.416 e. The van der Waals surface area contributed by atoms with Gasteiger partial charge in [0.2, 0.25) is 0 Å². The number of nitrogens with zero attached hydrogens (tertiary/aromatic N) is 3. The molecule has 1 saturated heterocycles. The third-order valence-electron chi connectivity index (χ3n) is 4.79. The van der Waals surface area contributed by atoms with Gasteiger partial charge >= 0.3 is 12.1 Å². The average Bonchev–Trinajstić information content (AvgIpc) is 2.77. The number of halogens is 3. The smallest absolute Gasteiger partial charge is 0.416 e. The summed E-state index contributed by atoms with van der Waals surface area (Å²) in [4.78, 5) is 37.7. The van der Waals surface area contributed by atoms with Gasteiger partial charge in [-0.05, 0) is 24.3 Å². The van der Waals surface area contributed by atoms with Crippen LogP contribution >= 0.6 is 0 Å². The van der Waals surface area contributed by atoms with Crippen molar-refractivity contribution in [2.24, 2.45) is 0 Å². The first-order chi connectivity index (χ1) is 14.6. The molecule has 0 aliphatic carbocycles. The van der Waals surface area contributed by atoms with Gasteiger partial charge in [0.15, 0.2) is 6.61 Å². The molecule has 0 N–H and O–H groups in total. The monoisotopic (exact) mass is 437 g/mol. The number of piperazine rings is 1. The Morgan fingerprint density at radius 2 is 1.71 bits per heavy atom. The summed E-state index contributed by atoms with van der Waals surface area (Å²) in [7, 11) is 0. The van der Waals surface area contributed by atoms with Crippen LogP contribution in [0.1, 0.15) is 15.9 Å². The third kappa shape index (κ3) is 5.50. The van der Waals surface area contributed by atoms with Crippen LogP contribution in [0.4, 0.5) is 24.5 Å². The maximum absolute atomic E-state index is 12.9. The van der Waals surface area contributed by atoms with E-state index in [1.807, 2.05) is 0 Å². The minimum atomic E-state index is -4.43. The van der Waals surface area contributed by atoms with E-state index < -0.39 is 35.1 Å². The Hall–Kier alpha value is -3.63. The van der Waals surface area contributed by atoms with Crippen LogP contribution in [0, 0.1) is 10.1 Å². The SMILES string of the molecule is O=C(OCC(=O)N1CCN(c2cccc(C(F)(F)F)c2)CC1)c1cccc([N+](=O)[O-])c1. The quantitative estimate of drug-likeness (QED) is 0.405. The first-order valence-electron chi connectivity index (χ1n) is 9.27. The Bertz CT molecular complexity index is 988. The molecule has 2 aromatic carbocycles. The Labute approximate surface area is 175 Å². The molecule has 0 unspecified atom stereocenters. The summed E-state index contributed by atoms with van der Waals surface area (Å²) in [5, 5.41) is 10.8. The van der Waals surface area contributed by atoms with E-state index >= 15 is 0 Å². The van der Waals surface area contributed by atoms with Crippen molar-refractivity contribution in [2.75, 3.05) is 37.7 Å². The van der Waals surface area contributed by atoms with E-state index in [0.717, 1.165) is 18.2 Å². The summed E-state index contributed by atoms with van der Waals surface area (Å²) in [6.07, 6.45) is -4.43. The average molecular weight is 437 g/mol. The Morgan fingerprint density at radius 1 is 1.03 bits per heavy atom. The third-order valence-corrected chi connectivity index (χ3v) is 4.79. The molecule has 1 heterocycles. The van der Waals surface area contributed by atoms with Gasteiger partial charge in [0.1, 0.15) is 0 Å². The maximum atomic E-state index is 12.9. The molecular weight excluding hydrogens is 419 g/mol. The molecule has 0 radical (unpaired) electrons. The lowest BCUT2D eigenvalue weighted by Gasteiger charge is -2.36. The number of carbonyl (C=O) groups is 2. The van der Waals surface area contributed by atoms with Crippen LogP contribution < -0.4 is 4.90 Å². The fraction of sp³-hybridized carbons (Fsp3) is 0.300. The van der Waals surface area contributed by atoms with Crippen LogP contribution in [-0.4, -0.2) is 54.5 Å². The van der Waals surface area contributed by atoms with Crippen LogP contribution in [0.15, 0.2) is 48.5 Å². The van der Waals surface area contributed by atoms with Gasteiger partial charge in [0.05, 0.1) is 16.1 Å². The van der Waals surface area contributed by atoms with Gasteiger partial charge in [0.25, 0.3) is 11.6 Å². The molecule has 8 nitrogen and oxygen atoms in total. The summed E-state index contributed by atoms with van der Waals surface area (Å²) in [5.41, 5.74) is -0.640. The first-order valence-corrected chi connectivity index (χ1v) is 9.27. The van der Waals surface area contributed by atoms with Crippen molar-refractivity contribution >= 4 is 23.3 Å². The van der Waals surface area contributed by atoms with Crippen LogP contribution in [0.2, 0.25) is 0 Å². The molecule has 0 bridgehead atoms. The lowest BCUT2D eigenvalue weighted by Crippen LogP contribution is -2.50. The molecule has 2 aromatic rings. The Morgan fingerprint density at radius 3 is 2.35 bits per heavy atom. The largest absolute Gasteiger partial charge is 0.452 e. The predicted molar refractivity (Wildman–Crippen MR) is 104 cm³/mol. The van der Waals surface area contributed by atoms with Crippen LogP contribution in [0.5, 0.6) is 0 Å². The minimum absolute atomic E-state index is 0.0450. The fourth-order valence-electron chi connectivity index (χ4n) is 3.14.